The fraction of sp³-hybridized carbons (Fsp3) is 0.344. The molecule has 68 heavy (non-hydrogen) atoms. The second-order valence-electron chi connectivity index (χ2n) is 21.9. The van der Waals surface area contributed by atoms with Crippen molar-refractivity contribution in [2.24, 2.45) is 0 Å². The number of rotatable bonds is 8. The van der Waals surface area contributed by atoms with Crippen molar-refractivity contribution in [3.05, 3.63) is 167 Å². The number of phenols is 1. The number of hydrogen-bond donors (Lipinski definition) is 1. The van der Waals surface area contributed by atoms with Crippen molar-refractivity contribution in [3.8, 4) is 67.5 Å². The van der Waals surface area contributed by atoms with Crippen molar-refractivity contribution < 1.29 is 20.2 Å². The number of fused-ring (bicyclic) bond motifs is 1. The van der Waals surface area contributed by atoms with E-state index in [0.717, 1.165) is 66.8 Å². The Balaban J connectivity index is 1.35. The van der Waals surface area contributed by atoms with E-state index >= 15 is 0 Å². The largest absolute Gasteiger partial charge is 0.507 e. The molecule has 0 saturated carbocycles. The fourth-order valence-electron chi connectivity index (χ4n) is 9.10. The molecule has 0 aliphatic carbocycles. The SMILES string of the molecule is [2H]C(C)(C)c1cccc(C([2H])(C)C)c1-c1ccc(-n2c(-c3cc(C(C)(C)C)cc(C(C)(C)C)c3O)nc3c(-c4cc(-c5cc(-c6ccc(C(C([2H])([2H])[2H])(C([2H])([2H])[2H])C([2H])([2H])[2H])cc6)ccn5)cc(C(C)(C)C)c4)cccc32)cc1. The summed E-state index contributed by atoms with van der Waals surface area (Å²) in [6.07, 6.45) is 1.67. The second-order valence-corrected chi connectivity index (χ2v) is 21.9. The van der Waals surface area contributed by atoms with Crippen LogP contribution in [-0.2, 0) is 21.7 Å². The molecule has 0 atom stereocenters. The summed E-state index contributed by atoms with van der Waals surface area (Å²) in [5.74, 6) is -1.19. The minimum Gasteiger partial charge on any atom is -0.507 e. The topological polar surface area (TPSA) is 50.9 Å². The third kappa shape index (κ3) is 9.44. The van der Waals surface area contributed by atoms with Crippen LogP contribution in [0.25, 0.3) is 72.7 Å². The summed E-state index contributed by atoms with van der Waals surface area (Å²) < 4.78 is 94.4. The van der Waals surface area contributed by atoms with Gasteiger partial charge in [-0.2, -0.15) is 0 Å². The van der Waals surface area contributed by atoms with E-state index in [1.54, 1.807) is 24.4 Å². The zero-order valence-corrected chi connectivity index (χ0v) is 42.0. The van der Waals surface area contributed by atoms with Crippen LogP contribution in [0.1, 0.15) is 171 Å². The van der Waals surface area contributed by atoms with E-state index in [1.807, 2.05) is 88.4 Å². The van der Waals surface area contributed by atoms with E-state index in [9.17, 15) is 5.11 Å². The van der Waals surface area contributed by atoms with Crippen molar-refractivity contribution in [2.75, 3.05) is 0 Å². The minimum atomic E-state index is -3.38. The molecule has 350 valence electrons. The molecule has 2 heterocycles. The zero-order valence-electron chi connectivity index (χ0n) is 53.0. The van der Waals surface area contributed by atoms with Gasteiger partial charge in [-0.3, -0.25) is 9.55 Å². The quantitative estimate of drug-likeness (QED) is 0.165. The maximum atomic E-state index is 12.5. The van der Waals surface area contributed by atoms with Crippen LogP contribution in [0, 0.1) is 0 Å². The van der Waals surface area contributed by atoms with Crippen molar-refractivity contribution in [3.63, 3.8) is 0 Å². The fourth-order valence-corrected chi connectivity index (χ4v) is 9.10. The van der Waals surface area contributed by atoms with E-state index in [1.165, 1.54) is 12.1 Å². The van der Waals surface area contributed by atoms with Crippen molar-refractivity contribution >= 4 is 11.0 Å². The Bertz CT molecular complexity index is 3520. The third-order valence-electron chi connectivity index (χ3n) is 13.1. The predicted octanol–water partition coefficient (Wildman–Crippen LogP) is 17.9. The van der Waals surface area contributed by atoms with Gasteiger partial charge in [0.2, 0.25) is 0 Å². The highest BCUT2D eigenvalue weighted by Crippen LogP contribution is 2.46. The molecule has 2 aromatic heterocycles. The van der Waals surface area contributed by atoms with Crippen LogP contribution in [0.4, 0.5) is 0 Å². The Labute approximate surface area is 423 Å². The van der Waals surface area contributed by atoms with Gasteiger partial charge >= 0.3 is 0 Å². The first kappa shape index (κ1) is 35.8. The number of benzene rings is 6. The summed E-state index contributed by atoms with van der Waals surface area (Å²) in [5.41, 5.74) is 9.09. The Morgan fingerprint density at radius 1 is 0.529 bits per heavy atom. The first-order chi connectivity index (χ1) is 36.2. The lowest BCUT2D eigenvalue weighted by Gasteiger charge is -2.27. The molecule has 0 amide bonds. The maximum absolute atomic E-state index is 12.5. The van der Waals surface area contributed by atoms with E-state index in [0.29, 0.717) is 33.7 Å². The summed E-state index contributed by atoms with van der Waals surface area (Å²) >= 11 is 0. The van der Waals surface area contributed by atoms with Crippen molar-refractivity contribution in [2.45, 2.75) is 144 Å². The predicted molar refractivity (Wildman–Crippen MR) is 291 cm³/mol. The Morgan fingerprint density at radius 3 is 1.71 bits per heavy atom. The smallest absolute Gasteiger partial charge is 0.149 e. The zero-order chi connectivity index (χ0) is 58.6. The van der Waals surface area contributed by atoms with Crippen molar-refractivity contribution in [1.82, 2.24) is 14.5 Å². The van der Waals surface area contributed by atoms with Crippen LogP contribution in [0.5, 0.6) is 5.75 Å². The van der Waals surface area contributed by atoms with Gasteiger partial charge in [0.1, 0.15) is 11.6 Å². The standard InChI is InChI=1S/C64H73N3O/c1-39(2)50-19-17-20-51(40(3)4)57(50)42-25-29-49(30-26-42)67-56-22-18-21-52(58(56)66-60(67)53-37-48(63(11,12)13)38-54(59(53)68)64(14,15)16)44-33-45(35-47(34-44)62(8,9)10)55-36-43(31-32-65-55)41-23-27-46(28-24-41)61(5,6)7/h17-40,68H,1-16H3/i5D3,6D3,7D3,39D,40D. The normalized spacial score (nSPS) is 16.0. The van der Waals surface area contributed by atoms with E-state index < -0.39 is 43.2 Å². The lowest BCUT2D eigenvalue weighted by Crippen LogP contribution is -2.17. The summed E-state index contributed by atoms with van der Waals surface area (Å²) in [6.45, 7) is 16.5. The van der Waals surface area contributed by atoms with Crippen LogP contribution in [-0.4, -0.2) is 19.6 Å². The molecule has 4 heteroatoms. The molecule has 0 saturated heterocycles. The lowest BCUT2D eigenvalue weighted by molar-refractivity contribution is 0.446. The average molecular weight is 911 g/mol. The van der Waals surface area contributed by atoms with Gasteiger partial charge in [-0.15, -0.1) is 0 Å². The number of pyridine rings is 1. The summed E-state index contributed by atoms with van der Waals surface area (Å²) in [7, 11) is 0. The van der Waals surface area contributed by atoms with Gasteiger partial charge in [-0.05, 0) is 138 Å². The molecular formula is C64H73N3O. The Hall–Kier alpha value is -6.26. The number of aromatic nitrogens is 3. The van der Waals surface area contributed by atoms with Crippen LogP contribution >= 0.6 is 0 Å². The molecule has 0 unspecified atom stereocenters. The molecular weight excluding hydrogens is 827 g/mol. The lowest BCUT2D eigenvalue weighted by atomic mass is 9.79. The number of phenolic OH excluding ortho intramolecular Hbond substituents is 1. The molecule has 0 fully saturated rings. The Morgan fingerprint density at radius 2 is 1.12 bits per heavy atom. The summed E-state index contributed by atoms with van der Waals surface area (Å²) in [5, 5.41) is 12.5. The number of aromatic hydroxyl groups is 1. The van der Waals surface area contributed by atoms with E-state index in [2.05, 4.69) is 103 Å². The first-order valence-corrected chi connectivity index (χ1v) is 23.5. The van der Waals surface area contributed by atoms with Crippen molar-refractivity contribution in [1.29, 1.82) is 0 Å². The third-order valence-corrected chi connectivity index (χ3v) is 13.1. The molecule has 1 N–H and O–H groups in total. The highest BCUT2D eigenvalue weighted by atomic mass is 16.3. The van der Waals surface area contributed by atoms with Gasteiger partial charge in [0.15, 0.2) is 0 Å². The van der Waals surface area contributed by atoms with Gasteiger partial charge < -0.3 is 5.11 Å². The molecule has 0 aliphatic heterocycles. The van der Waals surface area contributed by atoms with Crippen LogP contribution < -0.4 is 0 Å². The second kappa shape index (κ2) is 17.7. The number of imidazole rings is 1. The highest BCUT2D eigenvalue weighted by Gasteiger charge is 2.29. The summed E-state index contributed by atoms with van der Waals surface area (Å²) in [6, 6.07) is 40.1. The van der Waals surface area contributed by atoms with Gasteiger partial charge in [0.05, 0.1) is 22.3 Å². The van der Waals surface area contributed by atoms with Crippen LogP contribution in [0.15, 0.2) is 134 Å². The van der Waals surface area contributed by atoms with E-state index in [4.69, 9.17) is 25.0 Å². The van der Waals surface area contributed by atoms with Gasteiger partial charge in [-0.1, -0.05) is 189 Å². The molecule has 8 aromatic rings. The van der Waals surface area contributed by atoms with Crippen LogP contribution in [0.3, 0.4) is 0 Å². The minimum absolute atomic E-state index is 0.146. The number of hydrogen-bond acceptors (Lipinski definition) is 3. The molecule has 0 spiro atoms. The molecule has 0 radical (unpaired) electrons. The molecule has 0 bridgehead atoms. The molecule has 8 rings (SSSR count). The van der Waals surface area contributed by atoms with Crippen LogP contribution in [0.2, 0.25) is 0 Å². The molecule has 6 aromatic carbocycles. The molecule has 0 aliphatic rings. The molecule has 4 nitrogen and oxygen atoms in total. The van der Waals surface area contributed by atoms with Gasteiger partial charge in [0.25, 0.3) is 0 Å². The van der Waals surface area contributed by atoms with Gasteiger partial charge in [-0.25, -0.2) is 4.98 Å². The maximum Gasteiger partial charge on any atom is 0.149 e. The average Bonchev–Trinajstić information content (AvgIpc) is 3.92. The Kier molecular flexibility index (Phi) is 9.31. The first-order valence-electron chi connectivity index (χ1n) is 29.0. The number of nitrogens with zero attached hydrogens (tertiary/aromatic N) is 3. The summed E-state index contributed by atoms with van der Waals surface area (Å²) in [4.78, 5) is 10.4. The number of para-hydroxylation sites is 1. The highest BCUT2D eigenvalue weighted by molar-refractivity contribution is 5.97. The monoisotopic (exact) mass is 911 g/mol. The van der Waals surface area contributed by atoms with E-state index in [-0.39, 0.29) is 22.1 Å². The van der Waals surface area contributed by atoms with Gasteiger partial charge in [0, 0.05) is 43.7 Å².